The number of rotatable bonds is 5. The van der Waals surface area contributed by atoms with Crippen molar-refractivity contribution in [2.24, 2.45) is 11.8 Å². The topological polar surface area (TPSA) is 51.2 Å². The predicted octanol–water partition coefficient (Wildman–Crippen LogP) is 3.32. The van der Waals surface area contributed by atoms with Crippen LogP contribution in [0.25, 0.3) is 0 Å². The van der Waals surface area contributed by atoms with Crippen LogP contribution in [0.3, 0.4) is 0 Å². The monoisotopic (exact) mass is 236 g/mol. The van der Waals surface area contributed by atoms with Gasteiger partial charge in [0.2, 0.25) is 0 Å². The van der Waals surface area contributed by atoms with Gasteiger partial charge in [-0.25, -0.2) is 0 Å². The average Bonchev–Trinajstić information content (AvgIpc) is 2.85. The van der Waals surface area contributed by atoms with E-state index in [0.717, 1.165) is 24.5 Å². The first-order valence-electron chi connectivity index (χ1n) is 6.87. The second-order valence-corrected chi connectivity index (χ2v) is 5.11. The number of hydrogen-bond acceptors (Lipinski definition) is 3. The minimum atomic E-state index is 0.256. The van der Waals surface area contributed by atoms with Gasteiger partial charge in [0, 0.05) is 18.0 Å². The zero-order valence-electron chi connectivity index (χ0n) is 10.7. The molecule has 0 aromatic carbocycles. The zero-order valence-corrected chi connectivity index (χ0v) is 10.7. The number of nitrogens with one attached hydrogen (secondary N) is 1. The molecule has 1 heterocycles. The Morgan fingerprint density at radius 3 is 2.82 bits per heavy atom. The van der Waals surface area contributed by atoms with E-state index in [1.165, 1.54) is 37.7 Å². The van der Waals surface area contributed by atoms with Gasteiger partial charge in [-0.15, -0.1) is 0 Å². The summed E-state index contributed by atoms with van der Waals surface area (Å²) >= 11 is 0. The van der Waals surface area contributed by atoms with Gasteiger partial charge in [0.05, 0.1) is 6.26 Å². The molecule has 2 rings (SSSR count). The van der Waals surface area contributed by atoms with Gasteiger partial charge in [-0.1, -0.05) is 39.0 Å². The molecule has 0 bridgehead atoms. The lowest BCUT2D eigenvalue weighted by atomic mass is 9.83. The molecule has 1 aromatic heterocycles. The van der Waals surface area contributed by atoms with E-state index in [9.17, 15) is 0 Å². The van der Waals surface area contributed by atoms with Crippen LogP contribution in [0.1, 0.15) is 62.8 Å². The van der Waals surface area contributed by atoms with E-state index >= 15 is 0 Å². The third kappa shape index (κ3) is 3.11. The largest absolute Gasteiger partial charge is 0.469 e. The fourth-order valence-electron chi connectivity index (χ4n) is 2.99. The predicted molar refractivity (Wildman–Crippen MR) is 69.3 cm³/mol. The molecular formula is C14H24N2O. The van der Waals surface area contributed by atoms with E-state index in [1.807, 2.05) is 0 Å². The first-order chi connectivity index (χ1) is 8.35. The number of aryl methyl sites for hydroxylation is 1. The van der Waals surface area contributed by atoms with Crippen molar-refractivity contribution in [3.8, 4) is 0 Å². The maximum Gasteiger partial charge on any atom is 0.108 e. The third-order valence-corrected chi connectivity index (χ3v) is 3.97. The summed E-state index contributed by atoms with van der Waals surface area (Å²) in [5.41, 5.74) is 4.22. The molecule has 1 aliphatic rings. The maximum atomic E-state index is 5.71. The molecule has 1 aromatic rings. The molecule has 3 nitrogen and oxygen atoms in total. The van der Waals surface area contributed by atoms with Gasteiger partial charge in [0.25, 0.3) is 0 Å². The van der Waals surface area contributed by atoms with Crippen LogP contribution in [0.2, 0.25) is 0 Å². The summed E-state index contributed by atoms with van der Waals surface area (Å²) in [6.07, 6.45) is 10.7. The SMILES string of the molecule is CCc1occc1C(CC1CCCCC1)NN. The quantitative estimate of drug-likeness (QED) is 0.609. The highest BCUT2D eigenvalue weighted by molar-refractivity contribution is 5.21. The summed E-state index contributed by atoms with van der Waals surface area (Å²) in [7, 11) is 0. The number of furan rings is 1. The van der Waals surface area contributed by atoms with Crippen LogP contribution in [0.4, 0.5) is 0 Å². The van der Waals surface area contributed by atoms with E-state index in [2.05, 4.69) is 18.4 Å². The molecule has 3 heteroatoms. The zero-order chi connectivity index (χ0) is 12.1. The fraction of sp³-hybridized carbons (Fsp3) is 0.714. The van der Waals surface area contributed by atoms with Crippen LogP contribution >= 0.6 is 0 Å². The third-order valence-electron chi connectivity index (χ3n) is 3.97. The summed E-state index contributed by atoms with van der Waals surface area (Å²) in [5.74, 6) is 7.61. The highest BCUT2D eigenvalue weighted by atomic mass is 16.3. The van der Waals surface area contributed by atoms with E-state index in [4.69, 9.17) is 10.3 Å². The summed E-state index contributed by atoms with van der Waals surface area (Å²) in [4.78, 5) is 0. The Labute approximate surface area is 104 Å². The van der Waals surface area contributed by atoms with E-state index in [0.29, 0.717) is 0 Å². The molecule has 1 fully saturated rings. The summed E-state index contributed by atoms with van der Waals surface area (Å²) in [6.45, 7) is 2.12. The minimum Gasteiger partial charge on any atom is -0.469 e. The van der Waals surface area contributed by atoms with E-state index in [-0.39, 0.29) is 6.04 Å². The van der Waals surface area contributed by atoms with Crippen molar-refractivity contribution < 1.29 is 4.42 Å². The van der Waals surface area contributed by atoms with Gasteiger partial charge in [0.15, 0.2) is 0 Å². The van der Waals surface area contributed by atoms with Crippen molar-refractivity contribution in [2.45, 2.75) is 57.9 Å². The lowest BCUT2D eigenvalue weighted by Crippen LogP contribution is -2.30. The lowest BCUT2D eigenvalue weighted by molar-refractivity contribution is 0.299. The Bertz CT molecular complexity index is 329. The fourth-order valence-corrected chi connectivity index (χ4v) is 2.99. The molecule has 3 N–H and O–H groups in total. The summed E-state index contributed by atoms with van der Waals surface area (Å²) < 4.78 is 5.49. The van der Waals surface area contributed by atoms with Crippen molar-refractivity contribution >= 4 is 0 Å². The van der Waals surface area contributed by atoms with Crippen molar-refractivity contribution in [3.05, 3.63) is 23.7 Å². The molecular weight excluding hydrogens is 212 g/mol. The van der Waals surface area contributed by atoms with Crippen LogP contribution in [0, 0.1) is 5.92 Å². The first kappa shape index (κ1) is 12.7. The number of nitrogens with two attached hydrogens (primary N) is 1. The standard InChI is InChI=1S/C14H24N2O/c1-2-14-12(8-9-17-14)13(16-15)10-11-6-4-3-5-7-11/h8-9,11,13,16H,2-7,10,15H2,1H3. The Hall–Kier alpha value is -0.800. The number of hydrogen-bond donors (Lipinski definition) is 2. The molecule has 17 heavy (non-hydrogen) atoms. The normalized spacial score (nSPS) is 19.4. The van der Waals surface area contributed by atoms with Crippen LogP contribution < -0.4 is 11.3 Å². The Balaban J connectivity index is 2.00. The molecule has 0 radical (unpaired) electrons. The molecule has 1 saturated carbocycles. The molecule has 0 amide bonds. The van der Waals surface area contributed by atoms with Crippen LogP contribution in [-0.2, 0) is 6.42 Å². The first-order valence-corrected chi connectivity index (χ1v) is 6.87. The van der Waals surface area contributed by atoms with Crippen molar-refractivity contribution in [3.63, 3.8) is 0 Å². The second kappa shape index (κ2) is 6.22. The van der Waals surface area contributed by atoms with Gasteiger partial charge in [-0.3, -0.25) is 11.3 Å². The minimum absolute atomic E-state index is 0.256. The van der Waals surface area contributed by atoms with Crippen molar-refractivity contribution in [1.82, 2.24) is 5.43 Å². The summed E-state index contributed by atoms with van der Waals surface area (Å²) in [5, 5.41) is 0. The van der Waals surface area contributed by atoms with Gasteiger partial charge in [-0.05, 0) is 18.4 Å². The average molecular weight is 236 g/mol. The van der Waals surface area contributed by atoms with E-state index in [1.54, 1.807) is 6.26 Å². The molecule has 0 spiro atoms. The van der Waals surface area contributed by atoms with Crippen molar-refractivity contribution in [1.29, 1.82) is 0 Å². The van der Waals surface area contributed by atoms with Gasteiger partial charge < -0.3 is 4.42 Å². The van der Waals surface area contributed by atoms with Crippen LogP contribution in [-0.4, -0.2) is 0 Å². The summed E-state index contributed by atoms with van der Waals surface area (Å²) in [6, 6.07) is 2.32. The second-order valence-electron chi connectivity index (χ2n) is 5.11. The lowest BCUT2D eigenvalue weighted by Gasteiger charge is -2.26. The molecule has 96 valence electrons. The van der Waals surface area contributed by atoms with Crippen LogP contribution in [0.5, 0.6) is 0 Å². The Morgan fingerprint density at radius 2 is 2.18 bits per heavy atom. The van der Waals surface area contributed by atoms with Gasteiger partial charge in [-0.2, -0.15) is 0 Å². The molecule has 0 saturated heterocycles. The highest BCUT2D eigenvalue weighted by Crippen LogP contribution is 2.32. The Kier molecular flexibility index (Phi) is 4.63. The molecule has 0 aliphatic heterocycles. The Morgan fingerprint density at radius 1 is 1.41 bits per heavy atom. The molecule has 1 aliphatic carbocycles. The maximum absolute atomic E-state index is 5.71. The highest BCUT2D eigenvalue weighted by Gasteiger charge is 2.22. The number of hydrazine groups is 1. The smallest absolute Gasteiger partial charge is 0.108 e. The molecule has 1 atom stereocenters. The van der Waals surface area contributed by atoms with Crippen LogP contribution in [0.15, 0.2) is 16.7 Å². The van der Waals surface area contributed by atoms with Gasteiger partial charge >= 0.3 is 0 Å². The molecule has 1 unspecified atom stereocenters. The van der Waals surface area contributed by atoms with E-state index < -0.39 is 0 Å². The van der Waals surface area contributed by atoms with Gasteiger partial charge in [0.1, 0.15) is 5.76 Å². The van der Waals surface area contributed by atoms with Crippen molar-refractivity contribution in [2.75, 3.05) is 0 Å².